The second-order valence-electron chi connectivity index (χ2n) is 7.48. The van der Waals surface area contributed by atoms with Crippen LogP contribution < -0.4 is 4.90 Å². The van der Waals surface area contributed by atoms with Crippen LogP contribution in [0.5, 0.6) is 5.88 Å². The van der Waals surface area contributed by atoms with Crippen molar-refractivity contribution in [3.05, 3.63) is 71.3 Å². The summed E-state index contributed by atoms with van der Waals surface area (Å²) in [6, 6.07) is 14.6. The lowest BCUT2D eigenvalue weighted by atomic mass is 9.89. The van der Waals surface area contributed by atoms with Crippen LogP contribution in [0.1, 0.15) is 35.1 Å². The summed E-state index contributed by atoms with van der Waals surface area (Å²) in [5.41, 5.74) is 1.42. The van der Waals surface area contributed by atoms with Crippen LogP contribution in [0.4, 0.5) is 0 Å². The third kappa shape index (κ3) is 3.21. The average Bonchev–Trinajstić information content (AvgIpc) is 3.46. The average molecular weight is 396 g/mol. The lowest BCUT2D eigenvalue weighted by Crippen LogP contribution is -3.13. The molecule has 0 aliphatic carbocycles. The standard InChI is InChI=1S/C21H22N4O2S/c26-20-19(28-21-22-14-23-25(20)21)18(17-7-4-12-27-17)24-10-8-16(9-11-24)13-15-5-2-1-3-6-15/h1-7,12,14,16,18,26H,8-11,13H2/p+1/t18-/m0/s1. The number of hydrogen-bond acceptors (Lipinski definition) is 5. The van der Waals surface area contributed by atoms with Gasteiger partial charge in [0.25, 0.3) is 0 Å². The molecule has 28 heavy (non-hydrogen) atoms. The molecule has 144 valence electrons. The van der Waals surface area contributed by atoms with Gasteiger partial charge in [-0.2, -0.15) is 9.61 Å². The van der Waals surface area contributed by atoms with Crippen molar-refractivity contribution in [1.82, 2.24) is 14.6 Å². The normalized spacial score (nSPS) is 21.1. The lowest BCUT2D eigenvalue weighted by Gasteiger charge is -2.33. The van der Waals surface area contributed by atoms with Crippen molar-refractivity contribution in [3.8, 4) is 5.88 Å². The molecular formula is C21H23N4O2S+. The van der Waals surface area contributed by atoms with Gasteiger partial charge < -0.3 is 14.4 Å². The molecule has 0 unspecified atom stereocenters. The van der Waals surface area contributed by atoms with E-state index >= 15 is 0 Å². The van der Waals surface area contributed by atoms with E-state index in [2.05, 4.69) is 40.4 Å². The monoisotopic (exact) mass is 395 g/mol. The molecule has 1 saturated heterocycles. The van der Waals surface area contributed by atoms with Crippen LogP contribution >= 0.6 is 11.3 Å². The minimum absolute atomic E-state index is 0.0267. The van der Waals surface area contributed by atoms with Crippen molar-refractivity contribution in [2.24, 2.45) is 5.92 Å². The number of likely N-dealkylation sites (tertiary alicyclic amines) is 1. The maximum atomic E-state index is 10.7. The molecule has 6 nitrogen and oxygen atoms in total. The van der Waals surface area contributed by atoms with E-state index < -0.39 is 0 Å². The topological polar surface area (TPSA) is 68.0 Å². The van der Waals surface area contributed by atoms with Crippen LogP contribution in [0.15, 0.2) is 59.5 Å². The van der Waals surface area contributed by atoms with Gasteiger partial charge in [-0.3, -0.25) is 0 Å². The van der Waals surface area contributed by atoms with E-state index in [0.29, 0.717) is 10.9 Å². The lowest BCUT2D eigenvalue weighted by molar-refractivity contribution is -0.932. The number of nitrogens with zero attached hydrogens (tertiary/aromatic N) is 3. The van der Waals surface area contributed by atoms with Gasteiger partial charge >= 0.3 is 0 Å². The quantitative estimate of drug-likeness (QED) is 0.545. The molecule has 4 heterocycles. The van der Waals surface area contributed by atoms with Gasteiger partial charge in [-0.25, -0.2) is 4.98 Å². The van der Waals surface area contributed by atoms with E-state index in [1.807, 2.05) is 12.1 Å². The third-order valence-corrected chi connectivity index (χ3v) is 6.85. The fourth-order valence-corrected chi connectivity index (χ4v) is 5.44. The highest BCUT2D eigenvalue weighted by Gasteiger charge is 2.36. The summed E-state index contributed by atoms with van der Waals surface area (Å²) < 4.78 is 7.29. The van der Waals surface area contributed by atoms with E-state index in [1.165, 1.54) is 45.5 Å². The van der Waals surface area contributed by atoms with Crippen LogP contribution in [-0.4, -0.2) is 32.8 Å². The van der Waals surface area contributed by atoms with Gasteiger partial charge in [0, 0.05) is 0 Å². The zero-order valence-corrected chi connectivity index (χ0v) is 16.3. The van der Waals surface area contributed by atoms with E-state index in [4.69, 9.17) is 4.42 Å². The number of quaternary nitrogens is 1. The summed E-state index contributed by atoms with van der Waals surface area (Å²) in [5.74, 6) is 1.77. The Labute approximate surface area is 167 Å². The summed E-state index contributed by atoms with van der Waals surface area (Å²) in [5, 5.41) is 14.9. The van der Waals surface area contributed by atoms with Gasteiger partial charge in [0.2, 0.25) is 10.8 Å². The molecular weight excluding hydrogens is 372 g/mol. The molecule has 0 spiro atoms. The van der Waals surface area contributed by atoms with Gasteiger partial charge in [0.1, 0.15) is 11.2 Å². The van der Waals surface area contributed by atoms with Gasteiger partial charge in [-0.05, 0) is 42.9 Å². The summed E-state index contributed by atoms with van der Waals surface area (Å²) >= 11 is 1.49. The number of aromatic nitrogens is 3. The van der Waals surface area contributed by atoms with Crippen LogP contribution in [-0.2, 0) is 6.42 Å². The van der Waals surface area contributed by atoms with Crippen LogP contribution in [0.25, 0.3) is 4.96 Å². The Morgan fingerprint density at radius 2 is 2.00 bits per heavy atom. The largest absolute Gasteiger partial charge is 0.492 e. The summed E-state index contributed by atoms with van der Waals surface area (Å²) in [6.45, 7) is 2.10. The third-order valence-electron chi connectivity index (χ3n) is 5.75. The van der Waals surface area contributed by atoms with Crippen molar-refractivity contribution < 1.29 is 14.4 Å². The van der Waals surface area contributed by atoms with Crippen molar-refractivity contribution in [2.75, 3.05) is 13.1 Å². The Morgan fingerprint density at radius 1 is 1.18 bits per heavy atom. The number of piperidine rings is 1. The van der Waals surface area contributed by atoms with Gasteiger partial charge in [0.05, 0.1) is 19.4 Å². The molecule has 3 aromatic heterocycles. The predicted octanol–water partition coefficient (Wildman–Crippen LogP) is 2.72. The molecule has 1 fully saturated rings. The zero-order chi connectivity index (χ0) is 18.9. The molecule has 7 heteroatoms. The second-order valence-corrected chi connectivity index (χ2v) is 8.49. The van der Waals surface area contributed by atoms with Crippen molar-refractivity contribution in [1.29, 1.82) is 0 Å². The molecule has 4 aromatic rings. The van der Waals surface area contributed by atoms with Crippen LogP contribution in [0, 0.1) is 5.92 Å². The maximum absolute atomic E-state index is 10.7. The molecule has 1 aliphatic heterocycles. The number of benzene rings is 1. The zero-order valence-electron chi connectivity index (χ0n) is 15.5. The minimum atomic E-state index is -0.0267. The SMILES string of the molecule is Oc1c([C@H](c2ccco2)[NH+]2CCC(Cc3ccccc3)CC2)sc2ncnn12. The molecule has 0 radical (unpaired) electrons. The van der Waals surface area contributed by atoms with E-state index in [1.54, 1.807) is 6.26 Å². The highest BCUT2D eigenvalue weighted by atomic mass is 32.1. The molecule has 1 aliphatic rings. The number of aromatic hydroxyl groups is 1. The molecule has 0 amide bonds. The number of rotatable bonds is 5. The Hall–Kier alpha value is -2.64. The Morgan fingerprint density at radius 3 is 2.71 bits per heavy atom. The number of thiazole rings is 1. The van der Waals surface area contributed by atoms with E-state index in [9.17, 15) is 5.11 Å². The molecule has 5 rings (SSSR count). The van der Waals surface area contributed by atoms with Gasteiger partial charge in [-0.1, -0.05) is 41.7 Å². The highest BCUT2D eigenvalue weighted by Crippen LogP contribution is 2.35. The van der Waals surface area contributed by atoms with E-state index in [-0.39, 0.29) is 11.9 Å². The van der Waals surface area contributed by atoms with E-state index in [0.717, 1.165) is 30.1 Å². The molecule has 1 aromatic carbocycles. The Balaban J connectivity index is 1.37. The first kappa shape index (κ1) is 17.5. The summed E-state index contributed by atoms with van der Waals surface area (Å²) in [4.78, 5) is 7.26. The molecule has 0 saturated carbocycles. The second kappa shape index (κ2) is 7.41. The summed E-state index contributed by atoms with van der Waals surface area (Å²) in [7, 11) is 0. The van der Waals surface area contributed by atoms with Gasteiger partial charge in [0.15, 0.2) is 11.8 Å². The highest BCUT2D eigenvalue weighted by molar-refractivity contribution is 7.17. The molecule has 1 atom stereocenters. The van der Waals surface area contributed by atoms with Crippen LogP contribution in [0.2, 0.25) is 0 Å². The van der Waals surface area contributed by atoms with Crippen LogP contribution in [0.3, 0.4) is 0 Å². The fourth-order valence-electron chi connectivity index (χ4n) is 4.34. The maximum Gasteiger partial charge on any atom is 0.235 e. The minimum Gasteiger partial charge on any atom is -0.492 e. The number of furan rings is 1. The summed E-state index contributed by atoms with van der Waals surface area (Å²) in [6.07, 6.45) is 6.66. The number of fused-ring (bicyclic) bond motifs is 1. The first-order chi connectivity index (χ1) is 13.8. The number of hydrogen-bond donors (Lipinski definition) is 2. The Kier molecular flexibility index (Phi) is 4.62. The first-order valence-electron chi connectivity index (χ1n) is 9.73. The predicted molar refractivity (Wildman–Crippen MR) is 107 cm³/mol. The van der Waals surface area contributed by atoms with Gasteiger partial charge in [-0.15, -0.1) is 0 Å². The smallest absolute Gasteiger partial charge is 0.235 e. The fraction of sp³-hybridized carbons (Fsp3) is 0.333. The van der Waals surface area contributed by atoms with Crippen molar-refractivity contribution in [3.63, 3.8) is 0 Å². The number of nitrogens with one attached hydrogen (secondary N) is 1. The molecule has 0 bridgehead atoms. The van der Waals surface area contributed by atoms with Crippen molar-refractivity contribution in [2.45, 2.75) is 25.3 Å². The first-order valence-corrected chi connectivity index (χ1v) is 10.5. The van der Waals surface area contributed by atoms with Crippen molar-refractivity contribution >= 4 is 16.3 Å². The Bertz CT molecular complexity index is 1030. The molecule has 2 N–H and O–H groups in total.